The number of phenolic OH excluding ortho intramolecular Hbond substituents is 1. The third-order valence-electron chi connectivity index (χ3n) is 3.41. The maximum atomic E-state index is 11.1. The number of hydrogen-bond donors (Lipinski definition) is 3. The second-order valence-electron chi connectivity index (χ2n) is 5.35. The monoisotopic (exact) mass is 361 g/mol. The van der Waals surface area contributed by atoms with Crippen LogP contribution < -0.4 is 10.6 Å². The van der Waals surface area contributed by atoms with E-state index in [1.165, 1.54) is 18.3 Å². The number of thiazole rings is 1. The van der Waals surface area contributed by atoms with Gasteiger partial charge in [-0.05, 0) is 42.3 Å². The summed E-state index contributed by atoms with van der Waals surface area (Å²) in [5.41, 5.74) is 2.70. The van der Waals surface area contributed by atoms with Crippen LogP contribution in [0.25, 0.3) is 10.2 Å². The fourth-order valence-corrected chi connectivity index (χ4v) is 3.43. The van der Waals surface area contributed by atoms with Crippen molar-refractivity contribution in [3.63, 3.8) is 0 Å². The third-order valence-corrected chi connectivity index (χ3v) is 4.69. The molecule has 3 N–H and O–H groups in total. The summed E-state index contributed by atoms with van der Waals surface area (Å²) in [5, 5.41) is 16.7. The first-order valence-corrected chi connectivity index (χ1v) is 8.60. The van der Waals surface area contributed by atoms with E-state index in [-0.39, 0.29) is 11.7 Å². The number of amides is 1. The SMILES string of the molecule is CC(=O)Nc1ccc2nc(NCCc3ccc(O)c(Cl)c3)sc2c1. The zero-order valence-electron chi connectivity index (χ0n) is 13.0. The van der Waals surface area contributed by atoms with Crippen LogP contribution in [0.2, 0.25) is 5.02 Å². The summed E-state index contributed by atoms with van der Waals surface area (Å²) in [7, 11) is 0. The molecule has 3 rings (SSSR count). The number of carbonyl (C=O) groups is 1. The van der Waals surface area contributed by atoms with Crippen molar-refractivity contribution < 1.29 is 9.90 Å². The molecule has 5 nitrogen and oxygen atoms in total. The Kier molecular flexibility index (Phi) is 4.87. The van der Waals surface area contributed by atoms with Gasteiger partial charge in [0.05, 0.1) is 15.2 Å². The van der Waals surface area contributed by atoms with E-state index >= 15 is 0 Å². The molecule has 124 valence electrons. The number of nitrogens with one attached hydrogen (secondary N) is 2. The van der Waals surface area contributed by atoms with Crippen LogP contribution in [0.5, 0.6) is 5.75 Å². The van der Waals surface area contributed by atoms with Crippen molar-refractivity contribution in [3.8, 4) is 5.75 Å². The van der Waals surface area contributed by atoms with E-state index in [0.717, 1.165) is 33.0 Å². The van der Waals surface area contributed by atoms with E-state index in [1.807, 2.05) is 24.3 Å². The number of aromatic nitrogens is 1. The number of phenols is 1. The standard InChI is InChI=1S/C17H16ClN3O2S/c1-10(22)20-12-3-4-14-16(9-12)24-17(21-14)19-7-6-11-2-5-15(23)13(18)8-11/h2-5,8-9,23H,6-7H2,1H3,(H,19,21)(H,20,22). The topological polar surface area (TPSA) is 74.2 Å². The highest BCUT2D eigenvalue weighted by molar-refractivity contribution is 7.22. The fourth-order valence-electron chi connectivity index (χ4n) is 2.30. The molecular weight excluding hydrogens is 346 g/mol. The molecule has 0 aliphatic carbocycles. The van der Waals surface area contributed by atoms with Crippen molar-refractivity contribution in [2.24, 2.45) is 0 Å². The summed E-state index contributed by atoms with van der Waals surface area (Å²) in [6.07, 6.45) is 0.771. The predicted molar refractivity (Wildman–Crippen MR) is 99.2 cm³/mol. The van der Waals surface area contributed by atoms with Gasteiger partial charge in [-0.25, -0.2) is 4.98 Å². The van der Waals surface area contributed by atoms with Crippen LogP contribution in [0.4, 0.5) is 10.8 Å². The summed E-state index contributed by atoms with van der Waals surface area (Å²) < 4.78 is 1.01. The zero-order valence-corrected chi connectivity index (χ0v) is 14.5. The summed E-state index contributed by atoms with van der Waals surface area (Å²) >= 11 is 7.44. The molecule has 0 spiro atoms. The molecular formula is C17H16ClN3O2S. The Morgan fingerprint density at radius 1 is 1.29 bits per heavy atom. The van der Waals surface area contributed by atoms with E-state index in [9.17, 15) is 9.90 Å². The van der Waals surface area contributed by atoms with Crippen molar-refractivity contribution in [2.45, 2.75) is 13.3 Å². The summed E-state index contributed by atoms with van der Waals surface area (Å²) in [4.78, 5) is 15.6. The van der Waals surface area contributed by atoms with Crippen LogP contribution >= 0.6 is 22.9 Å². The minimum atomic E-state index is -0.0928. The van der Waals surface area contributed by atoms with E-state index in [0.29, 0.717) is 11.6 Å². The lowest BCUT2D eigenvalue weighted by atomic mass is 10.1. The third kappa shape index (κ3) is 3.96. The molecule has 0 fully saturated rings. The van der Waals surface area contributed by atoms with E-state index in [1.54, 1.807) is 12.1 Å². The molecule has 0 atom stereocenters. The number of halogens is 1. The number of aromatic hydroxyl groups is 1. The van der Waals surface area contributed by atoms with Crippen molar-refractivity contribution in [1.29, 1.82) is 0 Å². The van der Waals surface area contributed by atoms with E-state index in [4.69, 9.17) is 11.6 Å². The maximum absolute atomic E-state index is 11.1. The number of anilines is 2. The van der Waals surface area contributed by atoms with Gasteiger partial charge in [-0.2, -0.15) is 0 Å². The zero-order chi connectivity index (χ0) is 17.1. The Labute approximate surface area is 148 Å². The van der Waals surface area contributed by atoms with Crippen molar-refractivity contribution >= 4 is 49.9 Å². The number of hydrogen-bond acceptors (Lipinski definition) is 5. The smallest absolute Gasteiger partial charge is 0.221 e. The normalized spacial score (nSPS) is 10.8. The lowest BCUT2D eigenvalue weighted by molar-refractivity contribution is -0.114. The van der Waals surface area contributed by atoms with Gasteiger partial charge in [-0.3, -0.25) is 4.79 Å². The molecule has 24 heavy (non-hydrogen) atoms. The van der Waals surface area contributed by atoms with Gasteiger partial charge in [0.2, 0.25) is 5.91 Å². The van der Waals surface area contributed by atoms with Crippen LogP contribution in [0.3, 0.4) is 0 Å². The Hall–Kier alpha value is -2.31. The molecule has 0 aliphatic heterocycles. The van der Waals surface area contributed by atoms with Crippen LogP contribution in [0.15, 0.2) is 36.4 Å². The highest BCUT2D eigenvalue weighted by atomic mass is 35.5. The Morgan fingerprint density at radius 3 is 2.88 bits per heavy atom. The molecule has 0 bridgehead atoms. The van der Waals surface area contributed by atoms with E-state index < -0.39 is 0 Å². The van der Waals surface area contributed by atoms with Crippen molar-refractivity contribution in [3.05, 3.63) is 47.0 Å². The average Bonchev–Trinajstić information content (AvgIpc) is 2.92. The first kappa shape index (κ1) is 16.5. The van der Waals surface area contributed by atoms with Gasteiger partial charge in [0, 0.05) is 19.2 Å². The highest BCUT2D eigenvalue weighted by Gasteiger charge is 2.06. The second-order valence-corrected chi connectivity index (χ2v) is 6.78. The molecule has 1 heterocycles. The van der Waals surface area contributed by atoms with Gasteiger partial charge in [0.1, 0.15) is 5.75 Å². The minimum absolute atomic E-state index is 0.0922. The summed E-state index contributed by atoms with van der Waals surface area (Å²) in [6, 6.07) is 10.9. The van der Waals surface area contributed by atoms with Gasteiger partial charge in [-0.15, -0.1) is 0 Å². The van der Waals surface area contributed by atoms with Gasteiger partial charge in [0.25, 0.3) is 0 Å². The quantitative estimate of drug-likeness (QED) is 0.634. The lowest BCUT2D eigenvalue weighted by Gasteiger charge is -2.04. The average molecular weight is 362 g/mol. The van der Waals surface area contributed by atoms with Crippen molar-refractivity contribution in [1.82, 2.24) is 4.98 Å². The Bertz CT molecular complexity index is 895. The number of nitrogens with zero attached hydrogens (tertiary/aromatic N) is 1. The van der Waals surface area contributed by atoms with Gasteiger partial charge >= 0.3 is 0 Å². The van der Waals surface area contributed by atoms with Gasteiger partial charge < -0.3 is 15.7 Å². The minimum Gasteiger partial charge on any atom is -0.506 e. The number of rotatable bonds is 5. The maximum Gasteiger partial charge on any atom is 0.221 e. The van der Waals surface area contributed by atoms with Gasteiger partial charge in [-0.1, -0.05) is 29.0 Å². The lowest BCUT2D eigenvalue weighted by Crippen LogP contribution is -2.05. The first-order valence-electron chi connectivity index (χ1n) is 7.41. The molecule has 0 radical (unpaired) electrons. The first-order chi connectivity index (χ1) is 11.5. The van der Waals surface area contributed by atoms with Crippen LogP contribution in [-0.2, 0) is 11.2 Å². The molecule has 0 saturated carbocycles. The van der Waals surface area contributed by atoms with E-state index in [2.05, 4.69) is 15.6 Å². The number of fused-ring (bicyclic) bond motifs is 1. The fraction of sp³-hybridized carbons (Fsp3) is 0.176. The van der Waals surface area contributed by atoms with Crippen LogP contribution in [-0.4, -0.2) is 22.5 Å². The molecule has 0 saturated heterocycles. The molecule has 3 aromatic rings. The highest BCUT2D eigenvalue weighted by Crippen LogP contribution is 2.28. The number of carbonyl (C=O) groups excluding carboxylic acids is 1. The number of benzene rings is 2. The summed E-state index contributed by atoms with van der Waals surface area (Å²) in [5.74, 6) is -0.000652. The van der Waals surface area contributed by atoms with Crippen LogP contribution in [0.1, 0.15) is 12.5 Å². The van der Waals surface area contributed by atoms with Gasteiger partial charge in [0.15, 0.2) is 5.13 Å². The molecule has 1 amide bonds. The second kappa shape index (κ2) is 7.07. The molecule has 0 unspecified atom stereocenters. The van der Waals surface area contributed by atoms with Crippen molar-refractivity contribution in [2.75, 3.05) is 17.2 Å². The molecule has 1 aromatic heterocycles. The predicted octanol–water partition coefficient (Wildman–Crippen LogP) is 4.27. The summed E-state index contributed by atoms with van der Waals surface area (Å²) in [6.45, 7) is 2.19. The Morgan fingerprint density at radius 2 is 2.12 bits per heavy atom. The Balaban J connectivity index is 1.64. The molecule has 2 aromatic carbocycles. The largest absolute Gasteiger partial charge is 0.506 e. The molecule has 7 heteroatoms. The van der Waals surface area contributed by atoms with Crippen LogP contribution in [0, 0.1) is 0 Å². The molecule has 0 aliphatic rings.